The molecule has 0 aromatic carbocycles. The van der Waals surface area contributed by atoms with Crippen molar-refractivity contribution in [3.05, 3.63) is 122 Å². The van der Waals surface area contributed by atoms with Crippen LogP contribution in [0.5, 0.6) is 0 Å². The first-order valence-corrected chi connectivity index (χ1v) is 33.9. The van der Waals surface area contributed by atoms with Crippen LogP contribution in [0, 0.1) is 0 Å². The Labute approximate surface area is 512 Å². The first-order chi connectivity index (χ1) is 41.2. The quantitative estimate of drug-likeness (QED) is 0.0149. The van der Waals surface area contributed by atoms with Gasteiger partial charge in [0.2, 0.25) is 5.91 Å². The van der Waals surface area contributed by atoms with Crippen LogP contribution in [-0.2, 0) is 23.8 Å². The van der Waals surface area contributed by atoms with Crippen LogP contribution in [0.15, 0.2) is 122 Å². The van der Waals surface area contributed by atoms with Gasteiger partial charge >= 0.3 is 5.97 Å². The lowest BCUT2D eigenvalue weighted by atomic mass is 9.99. The van der Waals surface area contributed by atoms with E-state index >= 15 is 0 Å². The number of unbranched alkanes of at least 4 members (excludes halogenated alkanes) is 29. The third-order valence-electron chi connectivity index (χ3n) is 15.3. The second-order valence-corrected chi connectivity index (χ2v) is 23.0. The lowest BCUT2D eigenvalue weighted by Crippen LogP contribution is -2.61. The summed E-state index contributed by atoms with van der Waals surface area (Å²) in [6.07, 6.45) is 72.4. The number of rotatable bonds is 56. The zero-order valence-electron chi connectivity index (χ0n) is 53.2. The molecule has 1 rings (SSSR count). The minimum atomic E-state index is -1.64. The van der Waals surface area contributed by atoms with Crippen molar-refractivity contribution in [1.29, 1.82) is 0 Å². The van der Waals surface area contributed by atoms with Gasteiger partial charge in [-0.05, 0) is 83.5 Å². The summed E-state index contributed by atoms with van der Waals surface area (Å²) < 4.78 is 17.6. The number of allylic oxidation sites excluding steroid dienone is 19. The molecular weight excluding hydrogens is 1050 g/mol. The van der Waals surface area contributed by atoms with Crippen LogP contribution in [0.2, 0.25) is 0 Å². The van der Waals surface area contributed by atoms with E-state index in [0.29, 0.717) is 12.8 Å². The van der Waals surface area contributed by atoms with Gasteiger partial charge in [0.15, 0.2) is 12.4 Å². The number of hydrogen-bond donors (Lipinski definition) is 6. The van der Waals surface area contributed by atoms with Crippen LogP contribution in [0.1, 0.15) is 265 Å². The first-order valence-electron chi connectivity index (χ1n) is 33.9. The Morgan fingerprint density at radius 1 is 0.488 bits per heavy atom. The normalized spacial score (nSPS) is 19.3. The molecule has 0 spiro atoms. The van der Waals surface area contributed by atoms with Crippen molar-refractivity contribution in [2.24, 2.45) is 0 Å². The highest BCUT2D eigenvalue weighted by atomic mass is 16.7. The van der Waals surface area contributed by atoms with E-state index < -0.39 is 67.4 Å². The maximum atomic E-state index is 13.5. The molecule has 1 heterocycles. The molecule has 1 fully saturated rings. The van der Waals surface area contributed by atoms with E-state index in [0.717, 1.165) is 83.5 Å². The van der Waals surface area contributed by atoms with Crippen molar-refractivity contribution in [2.45, 2.75) is 314 Å². The number of amides is 1. The number of ether oxygens (including phenoxy) is 3. The Bertz CT molecular complexity index is 1830. The highest BCUT2D eigenvalue weighted by molar-refractivity contribution is 5.80. The van der Waals surface area contributed by atoms with E-state index in [-0.39, 0.29) is 19.4 Å². The van der Waals surface area contributed by atoms with Crippen LogP contribution in [-0.4, -0.2) is 99.6 Å². The monoisotopic (exact) mass is 1170 g/mol. The van der Waals surface area contributed by atoms with E-state index in [4.69, 9.17) is 14.2 Å². The molecule has 8 atom stereocenters. The minimum Gasteiger partial charge on any atom is -0.454 e. The van der Waals surface area contributed by atoms with Crippen molar-refractivity contribution in [3.8, 4) is 0 Å². The summed E-state index contributed by atoms with van der Waals surface area (Å²) in [5.74, 6) is -1.25. The summed E-state index contributed by atoms with van der Waals surface area (Å²) in [5, 5.41) is 57.1. The Morgan fingerprint density at radius 2 is 0.905 bits per heavy atom. The summed E-state index contributed by atoms with van der Waals surface area (Å²) in [6, 6.07) is -1.04. The molecule has 1 aliphatic rings. The predicted molar refractivity (Wildman–Crippen MR) is 351 cm³/mol. The molecule has 84 heavy (non-hydrogen) atoms. The highest BCUT2D eigenvalue weighted by Gasteiger charge is 2.47. The predicted octanol–water partition coefficient (Wildman–Crippen LogP) is 17.0. The molecule has 480 valence electrons. The minimum absolute atomic E-state index is 0.0664. The van der Waals surface area contributed by atoms with Crippen molar-refractivity contribution in [2.75, 3.05) is 13.2 Å². The lowest BCUT2D eigenvalue weighted by Gasteiger charge is -2.41. The number of carbonyl (C=O) groups is 2. The second-order valence-electron chi connectivity index (χ2n) is 23.0. The maximum absolute atomic E-state index is 13.5. The van der Waals surface area contributed by atoms with E-state index in [1.807, 2.05) is 66.8 Å². The van der Waals surface area contributed by atoms with E-state index in [1.165, 1.54) is 135 Å². The number of esters is 1. The summed E-state index contributed by atoms with van der Waals surface area (Å²) >= 11 is 0. The van der Waals surface area contributed by atoms with Gasteiger partial charge in [-0.15, -0.1) is 0 Å². The Morgan fingerprint density at radius 3 is 1.42 bits per heavy atom. The number of carbonyl (C=O) groups excluding carboxylic acids is 2. The van der Waals surface area contributed by atoms with Gasteiger partial charge in [-0.25, -0.2) is 0 Å². The maximum Gasteiger partial charge on any atom is 0.306 e. The Balaban J connectivity index is 2.61. The molecule has 11 heteroatoms. The van der Waals surface area contributed by atoms with Crippen molar-refractivity contribution < 1.29 is 49.3 Å². The van der Waals surface area contributed by atoms with Gasteiger partial charge in [-0.3, -0.25) is 9.59 Å². The Kier molecular flexibility index (Phi) is 55.2. The highest BCUT2D eigenvalue weighted by Crippen LogP contribution is 2.26. The Hall–Kier alpha value is -3.94. The lowest BCUT2D eigenvalue weighted by molar-refractivity contribution is -0.305. The molecule has 11 nitrogen and oxygen atoms in total. The molecular formula is C73H123NO10. The van der Waals surface area contributed by atoms with E-state index in [9.17, 15) is 35.1 Å². The standard InChI is InChI=1S/C73H123NO10/c1-4-7-10-13-16-19-22-25-27-29-30-31-32-33-34-35-36-37-39-40-42-45-48-51-54-57-60-66(77)72(81)74-64(65(76)59-56-53-50-47-44-24-21-18-15-12-9-6-3)63-82-73-71(70(80)69(79)67(62-75)83-73)84-68(78)61-58-55-52-49-46-43-41-38-28-26-23-20-17-14-11-8-5-2/h8,11,14,16-17,19-20,23,25-28,30-31,38,41,43,46,56,59,64-67,69-71,73,75-77,79-80H,4-7,9-10,12-13,15,18,21-22,24,29,32-37,39-40,42,44-45,47-55,57-58,60-63H2,1-3H3,(H,74,81)/b11-8-,17-14+,19-16-,23-20+,27-25-,28-26-,31-30-,41-38+,46-43+,59-56+. The van der Waals surface area contributed by atoms with Gasteiger partial charge in [-0.1, -0.05) is 296 Å². The topological polar surface area (TPSA) is 175 Å². The summed E-state index contributed by atoms with van der Waals surface area (Å²) in [5.41, 5.74) is 0. The third kappa shape index (κ3) is 46.3. The van der Waals surface area contributed by atoms with Gasteiger partial charge < -0.3 is 45.1 Å². The van der Waals surface area contributed by atoms with Gasteiger partial charge in [0.05, 0.1) is 25.4 Å². The average molecular weight is 1170 g/mol. The molecule has 0 saturated carbocycles. The van der Waals surface area contributed by atoms with Crippen LogP contribution >= 0.6 is 0 Å². The molecule has 0 radical (unpaired) electrons. The fourth-order valence-electron chi connectivity index (χ4n) is 9.93. The van der Waals surface area contributed by atoms with Gasteiger partial charge in [0.1, 0.15) is 24.4 Å². The summed E-state index contributed by atoms with van der Waals surface area (Å²) in [6.45, 7) is 5.60. The summed E-state index contributed by atoms with van der Waals surface area (Å²) in [7, 11) is 0. The van der Waals surface area contributed by atoms with Crippen LogP contribution in [0.25, 0.3) is 0 Å². The molecule has 1 amide bonds. The molecule has 1 aliphatic heterocycles. The number of hydrogen-bond acceptors (Lipinski definition) is 10. The van der Waals surface area contributed by atoms with Crippen LogP contribution < -0.4 is 5.32 Å². The number of aliphatic hydroxyl groups excluding tert-OH is 5. The van der Waals surface area contributed by atoms with Crippen molar-refractivity contribution >= 4 is 11.9 Å². The fourth-order valence-corrected chi connectivity index (χ4v) is 9.93. The zero-order valence-corrected chi connectivity index (χ0v) is 53.2. The largest absolute Gasteiger partial charge is 0.454 e. The number of nitrogens with one attached hydrogen (secondary N) is 1. The molecule has 0 bridgehead atoms. The molecule has 6 N–H and O–H groups in total. The van der Waals surface area contributed by atoms with E-state index in [1.54, 1.807) is 6.08 Å². The second kappa shape index (κ2) is 59.4. The van der Waals surface area contributed by atoms with Gasteiger partial charge in [0.25, 0.3) is 0 Å². The van der Waals surface area contributed by atoms with Crippen LogP contribution in [0.4, 0.5) is 0 Å². The van der Waals surface area contributed by atoms with Gasteiger partial charge in [-0.2, -0.15) is 0 Å². The smallest absolute Gasteiger partial charge is 0.306 e. The molecule has 0 aliphatic carbocycles. The van der Waals surface area contributed by atoms with Crippen molar-refractivity contribution in [3.63, 3.8) is 0 Å². The van der Waals surface area contributed by atoms with Crippen LogP contribution in [0.3, 0.4) is 0 Å². The average Bonchev–Trinajstić information content (AvgIpc) is 3.69. The number of aliphatic hydroxyl groups is 5. The molecule has 0 aromatic heterocycles. The zero-order chi connectivity index (χ0) is 61.0. The molecule has 1 saturated heterocycles. The summed E-state index contributed by atoms with van der Waals surface area (Å²) in [4.78, 5) is 26.6. The van der Waals surface area contributed by atoms with Gasteiger partial charge in [0, 0.05) is 6.42 Å². The first kappa shape index (κ1) is 78.1. The third-order valence-corrected chi connectivity index (χ3v) is 15.3. The van der Waals surface area contributed by atoms with Crippen molar-refractivity contribution in [1.82, 2.24) is 5.32 Å². The molecule has 0 aromatic rings. The SMILES string of the molecule is CC\C=C/C=C/C=C/C=C\C=C\C=C\CCCCCC(=O)OC1C(OCC(NC(=O)C(O)CCCCCCCCCCCCCCC/C=C\C/C=C\C/C=C\CCCCC)C(O)/C=C/CCCCCCCCCCCC)OC(CO)C(O)C1O. The molecule has 8 unspecified atom stereocenters. The fraction of sp³-hybridized carbons (Fsp3) is 0.699. The van der Waals surface area contributed by atoms with E-state index in [2.05, 4.69) is 74.7 Å².